The van der Waals surface area contributed by atoms with Crippen LogP contribution in [0, 0.1) is 0 Å². The Hall–Kier alpha value is -2.30. The summed E-state index contributed by atoms with van der Waals surface area (Å²) in [7, 11) is 0. The van der Waals surface area contributed by atoms with Crippen molar-refractivity contribution in [2.45, 2.75) is 12.5 Å². The minimum atomic E-state index is -0.533. The number of carbonyl (C=O) groups excluding carboxylic acids is 1. The highest BCUT2D eigenvalue weighted by molar-refractivity contribution is 7.13. The molecule has 0 spiro atoms. The molecule has 0 radical (unpaired) electrons. The second-order valence-corrected chi connectivity index (χ2v) is 6.96. The summed E-state index contributed by atoms with van der Waals surface area (Å²) in [5, 5.41) is 5.68. The molecule has 1 atom stereocenters. The normalized spacial score (nSPS) is 15.6. The van der Waals surface area contributed by atoms with E-state index >= 15 is 0 Å². The number of ether oxygens (including phenoxy) is 1. The number of para-hydroxylation sites is 1. The van der Waals surface area contributed by atoms with E-state index in [-0.39, 0.29) is 5.91 Å². The van der Waals surface area contributed by atoms with Gasteiger partial charge in [-0.15, -0.1) is 11.3 Å². The lowest BCUT2D eigenvalue weighted by atomic mass is 10.1. The number of benzene rings is 2. The predicted octanol–water partition coefficient (Wildman–Crippen LogP) is 5.01. The highest BCUT2D eigenvalue weighted by Crippen LogP contribution is 2.34. The molecule has 0 bridgehead atoms. The third kappa shape index (κ3) is 2.90. The fourth-order valence-electron chi connectivity index (χ4n) is 2.82. The molecule has 0 saturated carbocycles. The van der Waals surface area contributed by atoms with E-state index in [1.165, 1.54) is 0 Å². The lowest BCUT2D eigenvalue weighted by Crippen LogP contribution is -2.31. The van der Waals surface area contributed by atoms with Crippen molar-refractivity contribution in [3.8, 4) is 16.2 Å². The third-order valence-corrected chi connectivity index (χ3v) is 5.10. The van der Waals surface area contributed by atoms with Crippen LogP contribution in [0.25, 0.3) is 10.4 Å². The van der Waals surface area contributed by atoms with Crippen molar-refractivity contribution in [1.82, 2.24) is 0 Å². The van der Waals surface area contributed by atoms with Gasteiger partial charge in [-0.05, 0) is 41.3 Å². The Morgan fingerprint density at radius 2 is 2.04 bits per heavy atom. The maximum Gasteiger partial charge on any atom is 0.265 e. The molecular formula is C19H14ClNO2S. The van der Waals surface area contributed by atoms with E-state index in [0.717, 1.165) is 27.4 Å². The molecule has 2 heterocycles. The second-order valence-electron chi connectivity index (χ2n) is 5.57. The molecule has 0 unspecified atom stereocenters. The van der Waals surface area contributed by atoms with Crippen LogP contribution in [-0.2, 0) is 11.2 Å². The molecule has 1 aliphatic rings. The summed E-state index contributed by atoms with van der Waals surface area (Å²) in [6, 6.07) is 17.3. The van der Waals surface area contributed by atoms with Crippen LogP contribution in [0.1, 0.15) is 5.56 Å². The molecule has 1 aliphatic heterocycles. The van der Waals surface area contributed by atoms with Crippen LogP contribution in [0.2, 0.25) is 5.02 Å². The van der Waals surface area contributed by atoms with E-state index in [9.17, 15) is 4.79 Å². The lowest BCUT2D eigenvalue weighted by molar-refractivity contribution is -0.122. The van der Waals surface area contributed by atoms with E-state index in [0.29, 0.717) is 11.4 Å². The first-order valence-corrected chi connectivity index (χ1v) is 8.85. The smallest absolute Gasteiger partial charge is 0.265 e. The average Bonchev–Trinajstić information content (AvgIpc) is 3.24. The maximum absolute atomic E-state index is 12.6. The van der Waals surface area contributed by atoms with Gasteiger partial charge < -0.3 is 10.1 Å². The van der Waals surface area contributed by atoms with Gasteiger partial charge in [-0.2, -0.15) is 0 Å². The SMILES string of the molecule is O=C(Nc1ccccc1-c1cccs1)[C@H]1Cc2cc(Cl)ccc2O1. The Balaban J connectivity index is 1.54. The minimum absolute atomic E-state index is 0.147. The molecular weight excluding hydrogens is 342 g/mol. The zero-order valence-corrected chi connectivity index (χ0v) is 14.2. The second kappa shape index (κ2) is 6.30. The van der Waals surface area contributed by atoms with Crippen LogP contribution in [0.15, 0.2) is 60.0 Å². The van der Waals surface area contributed by atoms with Crippen LogP contribution >= 0.6 is 22.9 Å². The van der Waals surface area contributed by atoms with Gasteiger partial charge in [0.2, 0.25) is 0 Å². The lowest BCUT2D eigenvalue weighted by Gasteiger charge is -2.14. The molecule has 1 N–H and O–H groups in total. The molecule has 0 saturated heterocycles. The number of fused-ring (bicyclic) bond motifs is 1. The Bertz CT molecular complexity index is 892. The van der Waals surface area contributed by atoms with Gasteiger partial charge in [0.15, 0.2) is 6.10 Å². The summed E-state index contributed by atoms with van der Waals surface area (Å²) >= 11 is 7.65. The van der Waals surface area contributed by atoms with Gasteiger partial charge in [0.05, 0.1) is 0 Å². The highest BCUT2D eigenvalue weighted by Gasteiger charge is 2.29. The van der Waals surface area contributed by atoms with Crippen molar-refractivity contribution >= 4 is 34.5 Å². The predicted molar refractivity (Wildman–Crippen MR) is 98.0 cm³/mol. The van der Waals surface area contributed by atoms with Crippen molar-refractivity contribution in [2.24, 2.45) is 0 Å². The zero-order valence-electron chi connectivity index (χ0n) is 12.7. The summed E-state index contributed by atoms with van der Waals surface area (Å²) in [5.74, 6) is 0.581. The molecule has 3 aromatic rings. The number of rotatable bonds is 3. The number of anilines is 1. The van der Waals surface area contributed by atoms with Crippen molar-refractivity contribution < 1.29 is 9.53 Å². The number of thiophene rings is 1. The van der Waals surface area contributed by atoms with Gasteiger partial charge in [-0.25, -0.2) is 0 Å². The Morgan fingerprint density at radius 3 is 2.88 bits per heavy atom. The van der Waals surface area contributed by atoms with Gasteiger partial charge in [0.1, 0.15) is 5.75 Å². The molecule has 1 aromatic heterocycles. The molecule has 120 valence electrons. The number of hydrogen-bond acceptors (Lipinski definition) is 3. The molecule has 24 heavy (non-hydrogen) atoms. The van der Waals surface area contributed by atoms with Crippen LogP contribution < -0.4 is 10.1 Å². The van der Waals surface area contributed by atoms with Gasteiger partial charge in [0, 0.05) is 27.6 Å². The van der Waals surface area contributed by atoms with Gasteiger partial charge in [0.25, 0.3) is 5.91 Å². The third-order valence-electron chi connectivity index (χ3n) is 3.96. The maximum atomic E-state index is 12.6. The van der Waals surface area contributed by atoms with Crippen molar-refractivity contribution in [1.29, 1.82) is 0 Å². The molecule has 3 nitrogen and oxygen atoms in total. The number of nitrogens with one attached hydrogen (secondary N) is 1. The first-order valence-electron chi connectivity index (χ1n) is 7.59. The zero-order chi connectivity index (χ0) is 16.5. The highest BCUT2D eigenvalue weighted by atomic mass is 35.5. The molecule has 4 rings (SSSR count). The molecule has 0 aliphatic carbocycles. The van der Waals surface area contributed by atoms with Gasteiger partial charge in [-0.1, -0.05) is 35.9 Å². The summed E-state index contributed by atoms with van der Waals surface area (Å²) < 4.78 is 5.76. The number of amides is 1. The summed E-state index contributed by atoms with van der Waals surface area (Å²) in [6.45, 7) is 0. The van der Waals surface area contributed by atoms with E-state index < -0.39 is 6.10 Å². The number of carbonyl (C=O) groups is 1. The van der Waals surface area contributed by atoms with Crippen LogP contribution in [0.4, 0.5) is 5.69 Å². The van der Waals surface area contributed by atoms with E-state index in [4.69, 9.17) is 16.3 Å². The minimum Gasteiger partial charge on any atom is -0.480 e. The molecule has 0 fully saturated rings. The molecule has 2 aromatic carbocycles. The van der Waals surface area contributed by atoms with Crippen molar-refractivity contribution in [3.63, 3.8) is 0 Å². The Kier molecular flexibility index (Phi) is 4.00. The van der Waals surface area contributed by atoms with Crippen LogP contribution in [-0.4, -0.2) is 12.0 Å². The quantitative estimate of drug-likeness (QED) is 0.717. The summed E-state index contributed by atoms with van der Waals surface area (Å²) in [6.07, 6.45) is -0.00189. The van der Waals surface area contributed by atoms with Crippen LogP contribution in [0.3, 0.4) is 0 Å². The summed E-state index contributed by atoms with van der Waals surface area (Å²) in [5.41, 5.74) is 2.77. The molecule has 1 amide bonds. The van der Waals surface area contributed by atoms with Crippen molar-refractivity contribution in [3.05, 3.63) is 70.6 Å². The van der Waals surface area contributed by atoms with E-state index in [1.807, 2.05) is 53.9 Å². The van der Waals surface area contributed by atoms with E-state index in [2.05, 4.69) is 5.32 Å². The Morgan fingerprint density at radius 1 is 1.17 bits per heavy atom. The van der Waals surface area contributed by atoms with Gasteiger partial charge >= 0.3 is 0 Å². The largest absolute Gasteiger partial charge is 0.480 e. The first kappa shape index (κ1) is 15.2. The molecule has 5 heteroatoms. The monoisotopic (exact) mass is 355 g/mol. The fraction of sp³-hybridized carbons (Fsp3) is 0.105. The van der Waals surface area contributed by atoms with Gasteiger partial charge in [-0.3, -0.25) is 4.79 Å². The standard InChI is InChI=1S/C19H14ClNO2S/c20-13-7-8-16-12(10-13)11-17(23-16)19(22)21-15-5-2-1-4-14(15)18-6-3-9-24-18/h1-10,17H,11H2,(H,21,22)/t17-/m1/s1. The summed E-state index contributed by atoms with van der Waals surface area (Å²) in [4.78, 5) is 13.7. The van der Waals surface area contributed by atoms with Crippen molar-refractivity contribution in [2.75, 3.05) is 5.32 Å². The average molecular weight is 356 g/mol. The first-order chi connectivity index (χ1) is 11.7. The fourth-order valence-corrected chi connectivity index (χ4v) is 3.78. The topological polar surface area (TPSA) is 38.3 Å². The van der Waals surface area contributed by atoms with Crippen LogP contribution in [0.5, 0.6) is 5.75 Å². The number of halogens is 1. The number of hydrogen-bond donors (Lipinski definition) is 1. The Labute approximate surface area is 148 Å². The van der Waals surface area contributed by atoms with E-state index in [1.54, 1.807) is 17.4 Å².